The van der Waals surface area contributed by atoms with Gasteiger partial charge in [-0.15, -0.1) is 0 Å². The van der Waals surface area contributed by atoms with E-state index in [0.717, 1.165) is 27.6 Å². The quantitative estimate of drug-likeness (QED) is 0.190. The number of nitrogens with zero attached hydrogens (tertiary/aromatic N) is 5. The highest BCUT2D eigenvalue weighted by atomic mass is 19.1. The second kappa shape index (κ2) is 11.5. The zero-order chi connectivity index (χ0) is 31.0. The number of H-pyrrole nitrogens is 2. The standard InChI is InChI=1S/C33H33FN8O2/c1-33(2,3)32(43)37-23-13-21(17-35-18-23)19-6-7-27-26(15-19)29(41-40-27)31-38-28-25(8-9-36-30(28)39-31)20-12-22(34)16-24(14-20)44-11-10-42(4)5/h6-9,12-18H,10-11H2,1-5H3,(H,37,43)(H,40,41)(H,36,38,39). The number of ether oxygens (including phenoxy) is 1. The van der Waals surface area contributed by atoms with Crippen LogP contribution in [0.5, 0.6) is 5.75 Å². The number of anilines is 1. The van der Waals surface area contributed by atoms with E-state index in [2.05, 4.69) is 30.5 Å². The third-order valence-corrected chi connectivity index (χ3v) is 7.18. The molecule has 0 atom stereocenters. The van der Waals surface area contributed by atoms with Crippen molar-refractivity contribution < 1.29 is 13.9 Å². The largest absolute Gasteiger partial charge is 0.492 e. The molecule has 0 radical (unpaired) electrons. The number of rotatable bonds is 8. The van der Waals surface area contributed by atoms with Gasteiger partial charge in [-0.3, -0.25) is 14.9 Å². The monoisotopic (exact) mass is 592 g/mol. The molecule has 0 aliphatic rings. The van der Waals surface area contributed by atoms with E-state index in [-0.39, 0.29) is 5.91 Å². The first-order chi connectivity index (χ1) is 21.0. The van der Waals surface area contributed by atoms with Gasteiger partial charge in [0.1, 0.15) is 23.9 Å². The Bertz CT molecular complexity index is 1990. The van der Waals surface area contributed by atoms with E-state index in [1.807, 2.05) is 76.2 Å². The van der Waals surface area contributed by atoms with Gasteiger partial charge in [-0.05, 0) is 61.6 Å². The number of aromatic nitrogens is 6. The summed E-state index contributed by atoms with van der Waals surface area (Å²) in [5.41, 5.74) is 5.80. The normalized spacial score (nSPS) is 11.9. The number of pyridine rings is 2. The first-order valence-electron chi connectivity index (χ1n) is 14.2. The molecule has 0 fully saturated rings. The molecule has 0 aliphatic carbocycles. The van der Waals surface area contributed by atoms with Crippen molar-refractivity contribution in [2.45, 2.75) is 20.8 Å². The summed E-state index contributed by atoms with van der Waals surface area (Å²) in [7, 11) is 3.91. The third-order valence-electron chi connectivity index (χ3n) is 7.18. The van der Waals surface area contributed by atoms with Gasteiger partial charge in [-0.1, -0.05) is 26.8 Å². The number of benzene rings is 2. The summed E-state index contributed by atoms with van der Waals surface area (Å²) in [5.74, 6) is 0.489. The number of nitrogens with one attached hydrogen (secondary N) is 3. The molecule has 0 aliphatic heterocycles. The first kappa shape index (κ1) is 28.9. The fourth-order valence-electron chi connectivity index (χ4n) is 4.77. The molecule has 0 bridgehead atoms. The summed E-state index contributed by atoms with van der Waals surface area (Å²) in [6.45, 7) is 6.74. The molecule has 0 saturated heterocycles. The van der Waals surface area contributed by atoms with Crippen LogP contribution in [0.4, 0.5) is 10.1 Å². The lowest BCUT2D eigenvalue weighted by Crippen LogP contribution is -2.27. The van der Waals surface area contributed by atoms with Crippen molar-refractivity contribution in [3.8, 4) is 39.5 Å². The lowest BCUT2D eigenvalue weighted by molar-refractivity contribution is -0.123. The highest BCUT2D eigenvalue weighted by Gasteiger charge is 2.22. The Labute approximate surface area is 253 Å². The number of imidazole rings is 1. The molecule has 224 valence electrons. The molecular weight excluding hydrogens is 559 g/mol. The molecule has 10 nitrogen and oxygen atoms in total. The van der Waals surface area contributed by atoms with Crippen molar-refractivity contribution >= 4 is 33.7 Å². The maximum Gasteiger partial charge on any atom is 0.229 e. The van der Waals surface area contributed by atoms with E-state index >= 15 is 0 Å². The van der Waals surface area contributed by atoms with Gasteiger partial charge >= 0.3 is 0 Å². The van der Waals surface area contributed by atoms with Gasteiger partial charge in [0.25, 0.3) is 0 Å². The second-order valence-electron chi connectivity index (χ2n) is 12.0. The molecule has 1 amide bonds. The van der Waals surface area contributed by atoms with Crippen LogP contribution >= 0.6 is 0 Å². The van der Waals surface area contributed by atoms with Crippen molar-refractivity contribution in [3.05, 3.63) is 72.9 Å². The summed E-state index contributed by atoms with van der Waals surface area (Å²) >= 11 is 0. The average Bonchev–Trinajstić information content (AvgIpc) is 3.60. The minimum Gasteiger partial charge on any atom is -0.492 e. The van der Waals surface area contributed by atoms with E-state index in [1.165, 1.54) is 12.1 Å². The third kappa shape index (κ3) is 6.00. The van der Waals surface area contributed by atoms with E-state index in [4.69, 9.17) is 9.72 Å². The van der Waals surface area contributed by atoms with Crippen LogP contribution in [0, 0.1) is 11.2 Å². The van der Waals surface area contributed by atoms with Crippen LogP contribution in [0.2, 0.25) is 0 Å². The molecule has 0 spiro atoms. The summed E-state index contributed by atoms with van der Waals surface area (Å²) in [5, 5.41) is 11.4. The van der Waals surface area contributed by atoms with Gasteiger partial charge in [-0.25, -0.2) is 14.4 Å². The van der Waals surface area contributed by atoms with Gasteiger partial charge in [0.2, 0.25) is 5.91 Å². The van der Waals surface area contributed by atoms with Crippen molar-refractivity contribution in [2.75, 3.05) is 32.6 Å². The molecular formula is C33H33FN8O2. The molecule has 3 N–H and O–H groups in total. The van der Waals surface area contributed by atoms with Gasteiger partial charge in [-0.2, -0.15) is 5.10 Å². The minimum absolute atomic E-state index is 0.0896. The van der Waals surface area contributed by atoms with Crippen LogP contribution in [0.15, 0.2) is 67.1 Å². The number of aromatic amines is 2. The number of carbonyl (C=O) groups is 1. The van der Waals surface area contributed by atoms with Gasteiger partial charge in [0, 0.05) is 46.9 Å². The summed E-state index contributed by atoms with van der Waals surface area (Å²) in [6.07, 6.45) is 5.03. The summed E-state index contributed by atoms with van der Waals surface area (Å²) < 4.78 is 20.5. The fraction of sp³-hybridized carbons (Fsp3) is 0.242. The van der Waals surface area contributed by atoms with Crippen LogP contribution in [0.3, 0.4) is 0 Å². The van der Waals surface area contributed by atoms with Crippen molar-refractivity contribution in [1.82, 2.24) is 35.0 Å². The predicted octanol–water partition coefficient (Wildman–Crippen LogP) is 6.29. The summed E-state index contributed by atoms with van der Waals surface area (Å²) in [4.78, 5) is 31.4. The Morgan fingerprint density at radius 1 is 1.02 bits per heavy atom. The van der Waals surface area contributed by atoms with E-state index in [0.29, 0.717) is 52.8 Å². The van der Waals surface area contributed by atoms with E-state index in [9.17, 15) is 9.18 Å². The zero-order valence-electron chi connectivity index (χ0n) is 25.2. The Balaban J connectivity index is 1.35. The number of amides is 1. The maximum atomic E-state index is 14.6. The molecule has 6 rings (SSSR count). The number of likely N-dealkylation sites (N-methyl/N-ethyl adjacent to an activating group) is 1. The van der Waals surface area contributed by atoms with Crippen LogP contribution in [-0.2, 0) is 4.79 Å². The number of hydrogen-bond acceptors (Lipinski definition) is 7. The molecule has 0 saturated carbocycles. The van der Waals surface area contributed by atoms with Gasteiger partial charge in [0.05, 0.1) is 22.9 Å². The Morgan fingerprint density at radius 3 is 2.66 bits per heavy atom. The molecule has 4 aromatic heterocycles. The molecule has 2 aromatic carbocycles. The number of hydrogen-bond donors (Lipinski definition) is 3. The lowest BCUT2D eigenvalue weighted by Gasteiger charge is -2.17. The SMILES string of the molecule is CN(C)CCOc1cc(F)cc(-c2ccnc3nc(-c4n[nH]c5ccc(-c6cncc(NC(=O)C(C)(C)C)c6)cc45)[nH]c23)c1. The van der Waals surface area contributed by atoms with Gasteiger partial charge in [0.15, 0.2) is 11.5 Å². The second-order valence-corrected chi connectivity index (χ2v) is 12.0. The van der Waals surface area contributed by atoms with Crippen LogP contribution in [0.1, 0.15) is 20.8 Å². The van der Waals surface area contributed by atoms with E-state index < -0.39 is 11.2 Å². The summed E-state index contributed by atoms with van der Waals surface area (Å²) in [6, 6.07) is 14.3. The minimum atomic E-state index is -0.529. The van der Waals surface area contributed by atoms with Crippen molar-refractivity contribution in [1.29, 1.82) is 0 Å². The van der Waals surface area contributed by atoms with Crippen molar-refractivity contribution in [2.24, 2.45) is 5.41 Å². The van der Waals surface area contributed by atoms with E-state index in [1.54, 1.807) is 18.6 Å². The molecule has 4 heterocycles. The number of carbonyl (C=O) groups excluding carboxylic acids is 1. The lowest BCUT2D eigenvalue weighted by atomic mass is 9.95. The molecule has 44 heavy (non-hydrogen) atoms. The highest BCUT2D eigenvalue weighted by molar-refractivity contribution is 5.98. The van der Waals surface area contributed by atoms with Crippen molar-refractivity contribution in [3.63, 3.8) is 0 Å². The van der Waals surface area contributed by atoms with Crippen LogP contribution < -0.4 is 10.1 Å². The maximum absolute atomic E-state index is 14.6. The average molecular weight is 593 g/mol. The van der Waals surface area contributed by atoms with Crippen LogP contribution in [0.25, 0.3) is 55.8 Å². The Kier molecular flexibility index (Phi) is 7.56. The predicted molar refractivity (Wildman–Crippen MR) is 170 cm³/mol. The smallest absolute Gasteiger partial charge is 0.229 e. The topological polar surface area (TPSA) is 125 Å². The molecule has 11 heteroatoms. The van der Waals surface area contributed by atoms with Crippen LogP contribution in [-0.4, -0.2) is 68.2 Å². The molecule has 6 aromatic rings. The Hall–Kier alpha value is -5.16. The first-order valence-corrected chi connectivity index (χ1v) is 14.2. The molecule has 0 unspecified atom stereocenters. The highest BCUT2D eigenvalue weighted by Crippen LogP contribution is 2.34. The fourth-order valence-corrected chi connectivity index (χ4v) is 4.77. The zero-order valence-corrected chi connectivity index (χ0v) is 25.2. The number of halogens is 1. The Morgan fingerprint density at radius 2 is 1.86 bits per heavy atom. The number of fused-ring (bicyclic) bond motifs is 2. The van der Waals surface area contributed by atoms with Gasteiger partial charge < -0.3 is 19.9 Å².